The van der Waals surface area contributed by atoms with E-state index in [0.29, 0.717) is 12.8 Å². The van der Waals surface area contributed by atoms with Crippen LogP contribution >= 0.6 is 0 Å². The lowest BCUT2D eigenvalue weighted by atomic mass is 10.1. The van der Waals surface area contributed by atoms with Crippen LogP contribution in [0.4, 0.5) is 0 Å². The van der Waals surface area contributed by atoms with Crippen molar-refractivity contribution in [3.63, 3.8) is 0 Å². The van der Waals surface area contributed by atoms with Crippen LogP contribution in [-0.2, 0) is 4.79 Å². The predicted molar refractivity (Wildman–Crippen MR) is 46.8 cm³/mol. The van der Waals surface area contributed by atoms with Crippen molar-refractivity contribution < 1.29 is 4.79 Å². The molecule has 2 heteroatoms. The summed E-state index contributed by atoms with van der Waals surface area (Å²) in [7, 11) is 0. The third-order valence-corrected chi connectivity index (χ3v) is 2.17. The van der Waals surface area contributed by atoms with E-state index in [1.54, 1.807) is 0 Å². The normalized spacial score (nSPS) is 17.1. The molecule has 1 amide bonds. The minimum Gasteiger partial charge on any atom is -0.343 e. The largest absolute Gasteiger partial charge is 0.343 e. The molecule has 0 aromatic heterocycles. The van der Waals surface area contributed by atoms with E-state index < -0.39 is 0 Å². The van der Waals surface area contributed by atoms with Gasteiger partial charge < -0.3 is 4.90 Å². The van der Waals surface area contributed by atoms with Gasteiger partial charge in [0, 0.05) is 25.9 Å². The first-order valence-electron chi connectivity index (χ1n) is 4.52. The van der Waals surface area contributed by atoms with Crippen LogP contribution in [0.2, 0.25) is 0 Å². The lowest BCUT2D eigenvalue weighted by molar-refractivity contribution is -0.131. The van der Waals surface area contributed by atoms with Gasteiger partial charge in [0.05, 0.1) is 0 Å². The molecule has 65 valence electrons. The number of piperidine rings is 1. The molecular formula is C10H14NO. The van der Waals surface area contributed by atoms with Crippen molar-refractivity contribution >= 4 is 5.91 Å². The molecule has 1 aliphatic rings. The van der Waals surface area contributed by atoms with Gasteiger partial charge in [-0.3, -0.25) is 4.79 Å². The molecule has 1 heterocycles. The molecule has 0 unspecified atom stereocenters. The maximum Gasteiger partial charge on any atom is 0.223 e. The summed E-state index contributed by atoms with van der Waals surface area (Å²) in [6, 6.07) is 0. The van der Waals surface area contributed by atoms with E-state index in [9.17, 15) is 4.79 Å². The van der Waals surface area contributed by atoms with Gasteiger partial charge in [0.25, 0.3) is 0 Å². The predicted octanol–water partition coefficient (Wildman–Crippen LogP) is 1.37. The van der Waals surface area contributed by atoms with Gasteiger partial charge in [0.15, 0.2) is 0 Å². The van der Waals surface area contributed by atoms with Gasteiger partial charge in [0.1, 0.15) is 0 Å². The van der Waals surface area contributed by atoms with Crippen molar-refractivity contribution in [1.29, 1.82) is 0 Å². The van der Waals surface area contributed by atoms with Gasteiger partial charge >= 0.3 is 0 Å². The number of likely N-dealkylation sites (tertiary alicyclic amines) is 1. The minimum absolute atomic E-state index is 0.189. The average Bonchev–Trinajstić information content (AvgIpc) is 2.15. The number of carbonyl (C=O) groups excluding carboxylic acids is 1. The van der Waals surface area contributed by atoms with Crippen molar-refractivity contribution in [2.45, 2.75) is 32.1 Å². The van der Waals surface area contributed by atoms with Crippen LogP contribution < -0.4 is 0 Å². The quantitative estimate of drug-likeness (QED) is 0.564. The fourth-order valence-electron chi connectivity index (χ4n) is 1.47. The van der Waals surface area contributed by atoms with Crippen molar-refractivity contribution in [3.8, 4) is 5.92 Å². The molecule has 0 saturated carbocycles. The van der Waals surface area contributed by atoms with Crippen molar-refractivity contribution in [2.75, 3.05) is 13.1 Å². The molecular weight excluding hydrogens is 150 g/mol. The third-order valence-electron chi connectivity index (χ3n) is 2.17. The number of hydrogen-bond donors (Lipinski definition) is 0. The Morgan fingerprint density at radius 3 is 2.58 bits per heavy atom. The van der Waals surface area contributed by atoms with Crippen LogP contribution in [0.25, 0.3) is 0 Å². The highest BCUT2D eigenvalue weighted by Crippen LogP contribution is 2.10. The maximum atomic E-state index is 11.4. The number of rotatable bonds is 2. The highest BCUT2D eigenvalue weighted by molar-refractivity contribution is 5.76. The number of carbonyl (C=O) groups is 1. The molecule has 0 aliphatic carbocycles. The lowest BCUT2D eigenvalue weighted by Crippen LogP contribution is -2.35. The average molecular weight is 164 g/mol. The fraction of sp³-hybridized carbons (Fsp3) is 0.700. The van der Waals surface area contributed by atoms with Gasteiger partial charge in [-0.15, -0.1) is 0 Å². The highest BCUT2D eigenvalue weighted by Gasteiger charge is 2.14. The van der Waals surface area contributed by atoms with Gasteiger partial charge in [-0.1, -0.05) is 5.92 Å². The number of amides is 1. The second kappa shape index (κ2) is 4.82. The SMILES string of the molecule is [C]#CCCC(=O)N1CCCCC1. The zero-order valence-corrected chi connectivity index (χ0v) is 7.31. The summed E-state index contributed by atoms with van der Waals surface area (Å²) in [5.74, 6) is 2.43. The Morgan fingerprint density at radius 2 is 2.00 bits per heavy atom. The van der Waals surface area contributed by atoms with Crippen LogP contribution in [0.5, 0.6) is 0 Å². The molecule has 0 N–H and O–H groups in total. The fourth-order valence-corrected chi connectivity index (χ4v) is 1.47. The Bertz CT molecular complexity index is 187. The van der Waals surface area contributed by atoms with Crippen LogP contribution in [0, 0.1) is 12.3 Å². The van der Waals surface area contributed by atoms with E-state index in [0.717, 1.165) is 25.9 Å². The first kappa shape index (κ1) is 9.12. The standard InChI is InChI=1S/C10H14NO/c1-2-3-7-10(12)11-8-5-4-6-9-11/h3-9H2. The second-order valence-electron chi connectivity index (χ2n) is 3.12. The van der Waals surface area contributed by atoms with E-state index in [1.165, 1.54) is 6.42 Å². The summed E-state index contributed by atoms with van der Waals surface area (Å²) in [6.45, 7) is 1.83. The molecule has 1 aliphatic heterocycles. The van der Waals surface area contributed by atoms with E-state index in [-0.39, 0.29) is 5.91 Å². The number of nitrogens with zero attached hydrogens (tertiary/aromatic N) is 1. The molecule has 0 atom stereocenters. The van der Waals surface area contributed by atoms with Gasteiger partial charge in [-0.05, 0) is 25.7 Å². The van der Waals surface area contributed by atoms with Gasteiger partial charge in [0.2, 0.25) is 5.91 Å². The highest BCUT2D eigenvalue weighted by atomic mass is 16.2. The third kappa shape index (κ3) is 2.58. The Kier molecular flexibility index (Phi) is 3.66. The van der Waals surface area contributed by atoms with Gasteiger partial charge in [-0.2, -0.15) is 0 Å². The summed E-state index contributed by atoms with van der Waals surface area (Å²) in [5, 5.41) is 0. The van der Waals surface area contributed by atoms with Crippen molar-refractivity contribution in [2.24, 2.45) is 0 Å². The van der Waals surface area contributed by atoms with Crippen LogP contribution in [0.15, 0.2) is 0 Å². The Labute approximate surface area is 73.9 Å². The van der Waals surface area contributed by atoms with E-state index in [4.69, 9.17) is 6.42 Å². The molecule has 0 spiro atoms. The summed E-state index contributed by atoms with van der Waals surface area (Å²) in [6.07, 6.45) is 11.1. The molecule has 2 nitrogen and oxygen atoms in total. The minimum atomic E-state index is 0.189. The maximum absolute atomic E-state index is 11.4. The Morgan fingerprint density at radius 1 is 1.33 bits per heavy atom. The first-order chi connectivity index (χ1) is 5.84. The smallest absolute Gasteiger partial charge is 0.223 e. The lowest BCUT2D eigenvalue weighted by Gasteiger charge is -2.26. The Hall–Kier alpha value is -0.970. The molecule has 1 fully saturated rings. The molecule has 12 heavy (non-hydrogen) atoms. The topological polar surface area (TPSA) is 20.3 Å². The molecule has 1 rings (SSSR count). The summed E-state index contributed by atoms with van der Waals surface area (Å²) in [5.41, 5.74) is 0. The Balaban J connectivity index is 2.26. The zero-order chi connectivity index (χ0) is 8.81. The van der Waals surface area contributed by atoms with Crippen molar-refractivity contribution in [1.82, 2.24) is 4.90 Å². The van der Waals surface area contributed by atoms with Gasteiger partial charge in [-0.25, -0.2) is 0 Å². The van der Waals surface area contributed by atoms with Crippen molar-refractivity contribution in [3.05, 3.63) is 6.42 Å². The van der Waals surface area contributed by atoms with E-state index in [1.807, 2.05) is 4.90 Å². The summed E-state index contributed by atoms with van der Waals surface area (Å²) < 4.78 is 0. The second-order valence-corrected chi connectivity index (χ2v) is 3.12. The molecule has 0 bridgehead atoms. The monoisotopic (exact) mass is 164 g/mol. The molecule has 0 aromatic carbocycles. The molecule has 1 saturated heterocycles. The van der Waals surface area contributed by atoms with E-state index >= 15 is 0 Å². The van der Waals surface area contributed by atoms with Crippen LogP contribution in [0.3, 0.4) is 0 Å². The molecule has 0 aromatic rings. The summed E-state index contributed by atoms with van der Waals surface area (Å²) in [4.78, 5) is 13.3. The van der Waals surface area contributed by atoms with Crippen LogP contribution in [-0.4, -0.2) is 23.9 Å². The zero-order valence-electron chi connectivity index (χ0n) is 7.31. The van der Waals surface area contributed by atoms with Crippen LogP contribution in [0.1, 0.15) is 32.1 Å². The molecule has 1 radical (unpaired) electrons. The number of hydrogen-bond acceptors (Lipinski definition) is 1. The summed E-state index contributed by atoms with van der Waals surface area (Å²) >= 11 is 0. The van der Waals surface area contributed by atoms with E-state index in [2.05, 4.69) is 5.92 Å². The first-order valence-corrected chi connectivity index (χ1v) is 4.52.